The zero-order chi connectivity index (χ0) is 12.7. The number of hydrogen-bond acceptors (Lipinski definition) is 4. The van der Waals surface area contributed by atoms with Gasteiger partial charge in [-0.15, -0.1) is 0 Å². The van der Waals surface area contributed by atoms with E-state index >= 15 is 0 Å². The van der Waals surface area contributed by atoms with Crippen molar-refractivity contribution in [3.05, 3.63) is 0 Å². The molecule has 3 atom stereocenters. The zero-order valence-electron chi connectivity index (χ0n) is 10.1. The maximum absolute atomic E-state index is 11.3. The van der Waals surface area contributed by atoms with Crippen LogP contribution in [0.5, 0.6) is 0 Å². The SMILES string of the molecule is O=C(CCCC[C@@H]1CC[C@@H](S)[C@@H]1S)NCCO. The Balaban J connectivity index is 2.02. The van der Waals surface area contributed by atoms with E-state index in [0.717, 1.165) is 19.3 Å². The lowest BCUT2D eigenvalue weighted by molar-refractivity contribution is -0.121. The van der Waals surface area contributed by atoms with Gasteiger partial charge in [-0.05, 0) is 31.6 Å². The molecular weight excluding hydrogens is 254 g/mol. The Hall–Kier alpha value is 0.130. The predicted octanol–water partition coefficient (Wildman–Crippen LogP) is 1.66. The van der Waals surface area contributed by atoms with E-state index in [1.165, 1.54) is 12.8 Å². The van der Waals surface area contributed by atoms with Gasteiger partial charge in [0.25, 0.3) is 0 Å². The molecule has 1 fully saturated rings. The largest absolute Gasteiger partial charge is 0.395 e. The lowest BCUT2D eigenvalue weighted by Crippen LogP contribution is -2.26. The highest BCUT2D eigenvalue weighted by molar-refractivity contribution is 7.85. The van der Waals surface area contributed by atoms with Crippen LogP contribution in [-0.2, 0) is 4.79 Å². The van der Waals surface area contributed by atoms with E-state index in [4.69, 9.17) is 5.11 Å². The van der Waals surface area contributed by atoms with Crippen LogP contribution >= 0.6 is 25.3 Å². The lowest BCUT2D eigenvalue weighted by Gasteiger charge is -2.16. The standard InChI is InChI=1S/C12H23NO2S2/c14-8-7-13-11(15)4-2-1-3-9-5-6-10(16)12(9)17/h9-10,12,14,16-17H,1-8H2,(H,13,15)/t9-,10-,12-/m1/s1. The molecule has 1 rings (SSSR count). The highest BCUT2D eigenvalue weighted by Crippen LogP contribution is 2.36. The Morgan fingerprint density at radius 3 is 2.65 bits per heavy atom. The molecule has 1 amide bonds. The number of amides is 1. The predicted molar refractivity (Wildman–Crippen MR) is 76.8 cm³/mol. The average Bonchev–Trinajstić information content (AvgIpc) is 2.63. The molecule has 0 aromatic heterocycles. The van der Waals surface area contributed by atoms with Gasteiger partial charge in [0.05, 0.1) is 6.61 Å². The number of unbranched alkanes of at least 4 members (excludes halogenated alkanes) is 1. The van der Waals surface area contributed by atoms with Crippen LogP contribution in [0.3, 0.4) is 0 Å². The Kier molecular flexibility index (Phi) is 7.39. The van der Waals surface area contributed by atoms with Crippen LogP contribution in [0.1, 0.15) is 38.5 Å². The van der Waals surface area contributed by atoms with Crippen LogP contribution in [-0.4, -0.2) is 34.7 Å². The van der Waals surface area contributed by atoms with Crippen molar-refractivity contribution in [1.82, 2.24) is 5.32 Å². The first-order valence-electron chi connectivity index (χ1n) is 6.39. The fourth-order valence-electron chi connectivity index (χ4n) is 2.33. The summed E-state index contributed by atoms with van der Waals surface area (Å²) in [5, 5.41) is 12.1. The highest BCUT2D eigenvalue weighted by Gasteiger charge is 2.30. The Morgan fingerprint density at radius 2 is 2.06 bits per heavy atom. The first kappa shape index (κ1) is 15.2. The smallest absolute Gasteiger partial charge is 0.220 e. The van der Waals surface area contributed by atoms with Crippen molar-refractivity contribution in [2.45, 2.75) is 49.0 Å². The van der Waals surface area contributed by atoms with Gasteiger partial charge in [-0.2, -0.15) is 25.3 Å². The zero-order valence-corrected chi connectivity index (χ0v) is 11.9. The molecule has 1 aliphatic carbocycles. The second-order valence-electron chi connectivity index (χ2n) is 4.71. The number of carbonyl (C=O) groups excluding carboxylic acids is 1. The maximum Gasteiger partial charge on any atom is 0.220 e. The molecule has 100 valence electrons. The van der Waals surface area contributed by atoms with E-state index in [1.807, 2.05) is 0 Å². The molecule has 0 unspecified atom stereocenters. The molecule has 2 N–H and O–H groups in total. The van der Waals surface area contributed by atoms with Crippen molar-refractivity contribution in [1.29, 1.82) is 0 Å². The Bertz CT molecular complexity index is 239. The van der Waals surface area contributed by atoms with Crippen LogP contribution in [0.2, 0.25) is 0 Å². The molecule has 5 heteroatoms. The number of nitrogens with one attached hydrogen (secondary N) is 1. The minimum atomic E-state index is 0.0124. The van der Waals surface area contributed by atoms with Gasteiger partial charge in [0.2, 0.25) is 5.91 Å². The van der Waals surface area contributed by atoms with E-state index in [9.17, 15) is 4.79 Å². The third-order valence-electron chi connectivity index (χ3n) is 3.37. The van der Waals surface area contributed by atoms with Crippen molar-refractivity contribution in [3.63, 3.8) is 0 Å². The maximum atomic E-state index is 11.3. The summed E-state index contributed by atoms with van der Waals surface area (Å²) in [5.41, 5.74) is 0. The van der Waals surface area contributed by atoms with Crippen LogP contribution in [0, 0.1) is 5.92 Å². The number of carbonyl (C=O) groups is 1. The molecule has 0 aliphatic heterocycles. The van der Waals surface area contributed by atoms with Gasteiger partial charge in [0.15, 0.2) is 0 Å². The van der Waals surface area contributed by atoms with Crippen molar-refractivity contribution in [2.75, 3.05) is 13.2 Å². The lowest BCUT2D eigenvalue weighted by atomic mass is 9.99. The molecule has 1 saturated carbocycles. The van der Waals surface area contributed by atoms with Crippen molar-refractivity contribution in [2.24, 2.45) is 5.92 Å². The number of hydrogen-bond donors (Lipinski definition) is 4. The van der Waals surface area contributed by atoms with Gasteiger partial charge < -0.3 is 10.4 Å². The van der Waals surface area contributed by atoms with Crippen LogP contribution in [0.15, 0.2) is 0 Å². The molecule has 0 heterocycles. The van der Waals surface area contributed by atoms with Gasteiger partial charge >= 0.3 is 0 Å². The summed E-state index contributed by atoms with van der Waals surface area (Å²) in [6.45, 7) is 0.375. The first-order chi connectivity index (χ1) is 8.15. The number of aliphatic hydroxyl groups excluding tert-OH is 1. The third kappa shape index (κ3) is 5.53. The average molecular weight is 277 g/mol. The van der Waals surface area contributed by atoms with Crippen molar-refractivity contribution < 1.29 is 9.90 Å². The van der Waals surface area contributed by atoms with E-state index in [-0.39, 0.29) is 12.5 Å². The molecule has 1 aliphatic rings. The molecule has 3 nitrogen and oxygen atoms in total. The van der Waals surface area contributed by atoms with E-state index in [0.29, 0.717) is 29.4 Å². The summed E-state index contributed by atoms with van der Waals surface area (Å²) in [6.07, 6.45) is 6.10. The fraction of sp³-hybridized carbons (Fsp3) is 0.917. The van der Waals surface area contributed by atoms with E-state index < -0.39 is 0 Å². The third-order valence-corrected chi connectivity index (χ3v) is 4.97. The summed E-state index contributed by atoms with van der Waals surface area (Å²) >= 11 is 9.09. The van der Waals surface area contributed by atoms with Gasteiger partial charge in [-0.25, -0.2) is 0 Å². The number of thiol groups is 2. The van der Waals surface area contributed by atoms with E-state index in [2.05, 4.69) is 30.6 Å². The van der Waals surface area contributed by atoms with Crippen LogP contribution < -0.4 is 5.32 Å². The molecule has 17 heavy (non-hydrogen) atoms. The van der Waals surface area contributed by atoms with Crippen molar-refractivity contribution >= 4 is 31.2 Å². The summed E-state index contributed by atoms with van der Waals surface area (Å²) in [6, 6.07) is 0. The number of rotatable bonds is 7. The number of aliphatic hydroxyl groups is 1. The molecule has 0 spiro atoms. The van der Waals surface area contributed by atoms with Crippen molar-refractivity contribution in [3.8, 4) is 0 Å². The summed E-state index contributed by atoms with van der Waals surface area (Å²) < 4.78 is 0. The molecule has 0 bridgehead atoms. The quantitative estimate of drug-likeness (QED) is 0.422. The monoisotopic (exact) mass is 277 g/mol. The molecular formula is C12H23NO2S2. The molecule has 0 radical (unpaired) electrons. The van der Waals surface area contributed by atoms with Gasteiger partial charge in [-0.3, -0.25) is 4.79 Å². The van der Waals surface area contributed by atoms with Crippen LogP contribution in [0.25, 0.3) is 0 Å². The summed E-state index contributed by atoms with van der Waals surface area (Å²) in [5.74, 6) is 0.710. The topological polar surface area (TPSA) is 49.3 Å². The van der Waals surface area contributed by atoms with Gasteiger partial charge in [0.1, 0.15) is 0 Å². The highest BCUT2D eigenvalue weighted by atomic mass is 32.1. The first-order valence-corrected chi connectivity index (χ1v) is 7.42. The minimum Gasteiger partial charge on any atom is -0.395 e. The summed E-state index contributed by atoms with van der Waals surface area (Å²) in [7, 11) is 0. The van der Waals surface area contributed by atoms with Crippen LogP contribution in [0.4, 0.5) is 0 Å². The second-order valence-corrected chi connectivity index (χ2v) is 5.97. The molecule has 0 saturated heterocycles. The Labute approximate surface area is 115 Å². The van der Waals surface area contributed by atoms with Gasteiger partial charge in [0, 0.05) is 23.5 Å². The van der Waals surface area contributed by atoms with E-state index in [1.54, 1.807) is 0 Å². The normalized spacial score (nSPS) is 28.3. The fourth-order valence-corrected chi connectivity index (χ4v) is 3.17. The molecule has 0 aromatic rings. The van der Waals surface area contributed by atoms with Gasteiger partial charge in [-0.1, -0.05) is 6.42 Å². The molecule has 0 aromatic carbocycles. The second kappa shape index (κ2) is 8.27. The Morgan fingerprint density at radius 1 is 1.29 bits per heavy atom. The summed E-state index contributed by atoms with van der Waals surface area (Å²) in [4.78, 5) is 11.3. The minimum absolute atomic E-state index is 0.0124.